The van der Waals surface area contributed by atoms with Crippen LogP contribution in [0.1, 0.15) is 19.8 Å². The van der Waals surface area contributed by atoms with Crippen LogP contribution in [-0.2, 0) is 9.53 Å². The maximum Gasteiger partial charge on any atom is 0.367 e. The van der Waals surface area contributed by atoms with E-state index in [0.29, 0.717) is 18.5 Å². The summed E-state index contributed by atoms with van der Waals surface area (Å²) in [6.07, 6.45) is 1.36. The van der Waals surface area contributed by atoms with Crippen LogP contribution in [0.4, 0.5) is 4.39 Å². The fourth-order valence-electron chi connectivity index (χ4n) is 1.42. The highest BCUT2D eigenvalue weighted by Crippen LogP contribution is 2.19. The number of nitrogens with zero attached hydrogens (tertiary/aromatic N) is 1. The lowest BCUT2D eigenvalue weighted by Crippen LogP contribution is -2.29. The molecule has 0 aromatic rings. The smallest absolute Gasteiger partial charge is 0.367 e. The largest absolute Gasteiger partial charge is 0.461 e. The number of halogens is 1. The van der Waals surface area contributed by atoms with Crippen molar-refractivity contribution < 1.29 is 13.9 Å². The molecule has 0 bridgehead atoms. The van der Waals surface area contributed by atoms with Crippen LogP contribution in [0, 0.1) is 0 Å². The van der Waals surface area contributed by atoms with Crippen molar-refractivity contribution in [3.8, 4) is 0 Å². The predicted octanol–water partition coefficient (Wildman–Crippen LogP) is 0.952. The van der Waals surface area contributed by atoms with E-state index < -0.39 is 11.8 Å². The minimum Gasteiger partial charge on any atom is -0.461 e. The van der Waals surface area contributed by atoms with Crippen molar-refractivity contribution in [1.82, 2.24) is 4.81 Å². The molecule has 0 N–H and O–H groups in total. The fourth-order valence-corrected chi connectivity index (χ4v) is 1.42. The van der Waals surface area contributed by atoms with Gasteiger partial charge >= 0.3 is 5.97 Å². The van der Waals surface area contributed by atoms with Gasteiger partial charge in [0.2, 0.25) is 5.83 Å². The fraction of sp³-hybridized carbons (Fsp3) is 0.667. The first-order valence-electron chi connectivity index (χ1n) is 4.69. The highest BCUT2D eigenvalue weighted by Gasteiger charge is 2.20. The molecule has 0 aliphatic carbocycles. The van der Waals surface area contributed by atoms with Crippen molar-refractivity contribution in [3.05, 3.63) is 11.4 Å². The average Bonchev–Trinajstić information content (AvgIpc) is 2.17. The van der Waals surface area contributed by atoms with E-state index in [9.17, 15) is 9.18 Å². The first-order chi connectivity index (χ1) is 6.65. The molecule has 0 atom stereocenters. The molecule has 5 heteroatoms. The molecule has 2 radical (unpaired) electrons. The number of piperidine rings is 1. The van der Waals surface area contributed by atoms with Gasteiger partial charge in [0.05, 0.1) is 6.61 Å². The lowest BCUT2D eigenvalue weighted by atomic mass is 10.0. The molecule has 0 saturated carbocycles. The van der Waals surface area contributed by atoms with Crippen LogP contribution in [0.2, 0.25) is 0 Å². The quantitative estimate of drug-likeness (QED) is 0.375. The number of ether oxygens (including phenoxy) is 1. The van der Waals surface area contributed by atoms with Crippen LogP contribution >= 0.6 is 0 Å². The Bertz CT molecular complexity index is 255. The molecular formula is C9H13BFNO2. The van der Waals surface area contributed by atoms with Crippen molar-refractivity contribution in [2.75, 3.05) is 19.7 Å². The Morgan fingerprint density at radius 2 is 2.43 bits per heavy atom. The van der Waals surface area contributed by atoms with E-state index in [1.807, 2.05) is 0 Å². The first kappa shape index (κ1) is 11.2. The molecule has 3 nitrogen and oxygen atoms in total. The number of esters is 1. The lowest BCUT2D eigenvalue weighted by Gasteiger charge is -2.25. The Morgan fingerprint density at radius 3 is 3.00 bits per heavy atom. The van der Waals surface area contributed by atoms with Gasteiger partial charge in [-0.05, 0) is 31.9 Å². The monoisotopic (exact) mass is 197 g/mol. The molecule has 0 aromatic carbocycles. The van der Waals surface area contributed by atoms with Gasteiger partial charge in [0.1, 0.15) is 0 Å². The average molecular weight is 197 g/mol. The van der Waals surface area contributed by atoms with E-state index in [0.717, 1.165) is 13.0 Å². The van der Waals surface area contributed by atoms with E-state index in [4.69, 9.17) is 7.98 Å². The second-order valence-corrected chi connectivity index (χ2v) is 3.21. The number of hydrogen-bond acceptors (Lipinski definition) is 3. The van der Waals surface area contributed by atoms with Gasteiger partial charge in [-0.1, -0.05) is 0 Å². The molecule has 0 spiro atoms. The van der Waals surface area contributed by atoms with Crippen molar-refractivity contribution in [3.63, 3.8) is 0 Å². The minimum absolute atomic E-state index is 0.186. The molecule has 76 valence electrons. The van der Waals surface area contributed by atoms with Crippen LogP contribution < -0.4 is 0 Å². The zero-order valence-corrected chi connectivity index (χ0v) is 8.25. The summed E-state index contributed by atoms with van der Waals surface area (Å²) in [6.45, 7) is 2.88. The van der Waals surface area contributed by atoms with Gasteiger partial charge in [0.25, 0.3) is 0 Å². The van der Waals surface area contributed by atoms with E-state index in [-0.39, 0.29) is 6.61 Å². The number of carbonyl (C=O) groups excluding carboxylic acids is 1. The van der Waals surface area contributed by atoms with Crippen molar-refractivity contribution in [1.29, 1.82) is 0 Å². The Kier molecular flexibility index (Phi) is 4.13. The second-order valence-electron chi connectivity index (χ2n) is 3.21. The van der Waals surface area contributed by atoms with Gasteiger partial charge < -0.3 is 9.55 Å². The normalized spacial score (nSPS) is 21.9. The summed E-state index contributed by atoms with van der Waals surface area (Å²) in [4.78, 5) is 12.5. The van der Waals surface area contributed by atoms with Crippen molar-refractivity contribution >= 4 is 14.0 Å². The van der Waals surface area contributed by atoms with Crippen molar-refractivity contribution in [2.45, 2.75) is 19.8 Å². The van der Waals surface area contributed by atoms with Gasteiger partial charge in [0.15, 0.2) is 7.98 Å². The number of carbonyl (C=O) groups is 1. The molecule has 0 unspecified atom stereocenters. The molecule has 1 aliphatic heterocycles. The maximum absolute atomic E-state index is 13.4. The predicted molar refractivity (Wildman–Crippen MR) is 51.3 cm³/mol. The van der Waals surface area contributed by atoms with Gasteiger partial charge in [-0.3, -0.25) is 0 Å². The molecule has 1 heterocycles. The van der Waals surface area contributed by atoms with Crippen LogP contribution in [0.5, 0.6) is 0 Å². The molecule has 1 saturated heterocycles. The summed E-state index contributed by atoms with van der Waals surface area (Å²) < 4.78 is 17.9. The molecule has 14 heavy (non-hydrogen) atoms. The third kappa shape index (κ3) is 2.84. The zero-order valence-electron chi connectivity index (χ0n) is 8.25. The van der Waals surface area contributed by atoms with Gasteiger partial charge in [0, 0.05) is 6.54 Å². The Labute approximate surface area is 84.3 Å². The van der Waals surface area contributed by atoms with Crippen LogP contribution in [0.3, 0.4) is 0 Å². The third-order valence-corrected chi connectivity index (χ3v) is 2.08. The summed E-state index contributed by atoms with van der Waals surface area (Å²) in [5.74, 6) is -1.65. The maximum atomic E-state index is 13.4. The van der Waals surface area contributed by atoms with Crippen molar-refractivity contribution in [2.24, 2.45) is 0 Å². The van der Waals surface area contributed by atoms with Gasteiger partial charge in [-0.2, -0.15) is 4.39 Å². The highest BCUT2D eigenvalue weighted by molar-refractivity contribution is 6.04. The summed E-state index contributed by atoms with van der Waals surface area (Å²) in [7, 11) is 5.52. The van der Waals surface area contributed by atoms with E-state index in [1.54, 1.807) is 6.92 Å². The van der Waals surface area contributed by atoms with Crippen LogP contribution in [0.15, 0.2) is 11.4 Å². The standard InChI is InChI=1S/C9H13BFNO2/c1-2-14-9(13)8(11)7-4-3-5-12(10)6-7/h2-6H2,1H3. The third-order valence-electron chi connectivity index (χ3n) is 2.08. The van der Waals surface area contributed by atoms with Gasteiger partial charge in [-0.15, -0.1) is 0 Å². The molecule has 1 fully saturated rings. The Morgan fingerprint density at radius 1 is 1.71 bits per heavy atom. The Hall–Kier alpha value is -0.835. The first-order valence-corrected chi connectivity index (χ1v) is 4.69. The van der Waals surface area contributed by atoms with Crippen LogP contribution in [-0.4, -0.2) is 38.5 Å². The SMILES string of the molecule is [B]N1CCCC(=C(F)C(=O)OCC)C1. The Balaban J connectivity index is 2.66. The molecule has 0 amide bonds. The summed E-state index contributed by atoms with van der Waals surface area (Å²) >= 11 is 0. The van der Waals surface area contributed by atoms with E-state index >= 15 is 0 Å². The molecule has 0 aromatic heterocycles. The summed E-state index contributed by atoms with van der Waals surface area (Å²) in [5.41, 5.74) is 0.442. The van der Waals surface area contributed by atoms with Gasteiger partial charge in [-0.25, -0.2) is 4.79 Å². The molecule has 1 aliphatic rings. The number of rotatable bonds is 2. The summed E-state index contributed by atoms with van der Waals surface area (Å²) in [5, 5.41) is 0. The van der Waals surface area contributed by atoms with Crippen LogP contribution in [0.25, 0.3) is 0 Å². The minimum atomic E-state index is -0.877. The molecule has 1 rings (SSSR count). The molecular weight excluding hydrogens is 184 g/mol. The number of hydrogen-bond donors (Lipinski definition) is 0. The van der Waals surface area contributed by atoms with E-state index in [1.165, 1.54) is 4.81 Å². The highest BCUT2D eigenvalue weighted by atomic mass is 19.1. The second kappa shape index (κ2) is 5.15. The zero-order chi connectivity index (χ0) is 10.6. The van der Waals surface area contributed by atoms with E-state index in [2.05, 4.69) is 4.74 Å². The summed E-state index contributed by atoms with van der Waals surface area (Å²) in [6, 6.07) is 0. The lowest BCUT2D eigenvalue weighted by molar-refractivity contribution is -0.140. The topological polar surface area (TPSA) is 29.5 Å².